The number of esters is 1. The molecule has 3 saturated heterocycles. The maximum atomic E-state index is 14.1. The lowest BCUT2D eigenvalue weighted by Crippen LogP contribution is -2.59. The van der Waals surface area contributed by atoms with Crippen LogP contribution in [0.3, 0.4) is 0 Å². The van der Waals surface area contributed by atoms with E-state index in [1.54, 1.807) is 40.6 Å². The first-order chi connectivity index (χ1) is 26.7. The Morgan fingerprint density at radius 1 is 0.673 bits per heavy atom. The minimum atomic E-state index is -0.500. The molecule has 296 valence electrons. The van der Waals surface area contributed by atoms with Gasteiger partial charge < -0.3 is 43.7 Å². The number of nitrogens with one attached hydrogen (secondary N) is 1. The number of ether oxygens (including phenoxy) is 5. The summed E-state index contributed by atoms with van der Waals surface area (Å²) in [5, 5.41) is 3.47. The van der Waals surface area contributed by atoms with Crippen LogP contribution in [0.15, 0.2) is 66.7 Å². The molecule has 1 unspecified atom stereocenters. The minimum absolute atomic E-state index is 0.0742. The molecule has 1 atom stereocenters. The van der Waals surface area contributed by atoms with Crippen LogP contribution in [0.25, 0.3) is 0 Å². The van der Waals surface area contributed by atoms with Gasteiger partial charge in [-0.15, -0.1) is 0 Å². The maximum absolute atomic E-state index is 14.1. The van der Waals surface area contributed by atoms with Gasteiger partial charge in [0.05, 0.1) is 47.6 Å². The molecular formula is C42H55N5O8. The molecule has 3 aliphatic heterocycles. The van der Waals surface area contributed by atoms with Crippen molar-refractivity contribution in [1.29, 1.82) is 0 Å². The average Bonchev–Trinajstić information content (AvgIpc) is 3.68. The summed E-state index contributed by atoms with van der Waals surface area (Å²) in [7, 11) is 7.71. The number of carbonyl (C=O) groups excluding carboxylic acids is 3. The molecule has 0 spiro atoms. The molecule has 0 radical (unpaired) electrons. The molecule has 13 nitrogen and oxygen atoms in total. The van der Waals surface area contributed by atoms with E-state index in [1.165, 1.54) is 7.11 Å². The smallest absolute Gasteiger partial charge is 0.319 e. The Kier molecular flexibility index (Phi) is 12.7. The lowest BCUT2D eigenvalue weighted by atomic mass is 9.76. The van der Waals surface area contributed by atoms with Crippen molar-refractivity contribution in [3.8, 4) is 23.0 Å². The summed E-state index contributed by atoms with van der Waals surface area (Å²) in [6, 6.07) is 21.9. The van der Waals surface area contributed by atoms with Crippen LogP contribution >= 0.6 is 0 Å². The van der Waals surface area contributed by atoms with E-state index in [4.69, 9.17) is 23.7 Å². The van der Waals surface area contributed by atoms with Crippen LogP contribution in [0.4, 0.5) is 4.79 Å². The number of hydrogen-bond donors (Lipinski definition) is 1. The average molecular weight is 758 g/mol. The summed E-state index contributed by atoms with van der Waals surface area (Å²) in [4.78, 5) is 48.0. The van der Waals surface area contributed by atoms with Gasteiger partial charge in [-0.3, -0.25) is 14.5 Å². The van der Waals surface area contributed by atoms with Crippen LogP contribution in [0.2, 0.25) is 0 Å². The Hall–Kier alpha value is -5.01. The summed E-state index contributed by atoms with van der Waals surface area (Å²) >= 11 is 0. The van der Waals surface area contributed by atoms with Gasteiger partial charge in [0.2, 0.25) is 5.75 Å². The molecule has 3 heterocycles. The number of likely N-dealkylation sites (tertiary alicyclic amines) is 2. The highest BCUT2D eigenvalue weighted by Gasteiger charge is 2.44. The second-order valence-corrected chi connectivity index (χ2v) is 14.7. The zero-order valence-electron chi connectivity index (χ0n) is 32.8. The van der Waals surface area contributed by atoms with Crippen molar-refractivity contribution in [2.24, 2.45) is 0 Å². The second-order valence-electron chi connectivity index (χ2n) is 14.7. The SMILES string of the molecule is COC(=O)CN1CCN(C(=O)NC2(c3ccccc3)CCN(CCC3(c4cccc(OC)c4)CCN(C(=O)c4cc(OC)c(OC)c(OC)c4)C3)CC2)CC1. The van der Waals surface area contributed by atoms with E-state index in [9.17, 15) is 14.4 Å². The molecule has 3 fully saturated rings. The quantitative estimate of drug-likeness (QED) is 0.252. The maximum Gasteiger partial charge on any atom is 0.319 e. The van der Waals surface area contributed by atoms with Crippen molar-refractivity contribution < 1.29 is 38.1 Å². The van der Waals surface area contributed by atoms with Gasteiger partial charge in [-0.1, -0.05) is 42.5 Å². The Bertz CT molecular complexity index is 1770. The Labute approximate surface area is 324 Å². The van der Waals surface area contributed by atoms with Crippen molar-refractivity contribution in [1.82, 2.24) is 24.9 Å². The van der Waals surface area contributed by atoms with Gasteiger partial charge in [-0.25, -0.2) is 4.79 Å². The first kappa shape index (κ1) is 39.7. The van der Waals surface area contributed by atoms with Crippen LogP contribution in [0, 0.1) is 0 Å². The fraction of sp³-hybridized carbons (Fsp3) is 0.500. The summed E-state index contributed by atoms with van der Waals surface area (Å²) in [5.74, 6) is 1.76. The largest absolute Gasteiger partial charge is 0.497 e. The lowest BCUT2D eigenvalue weighted by molar-refractivity contribution is -0.142. The highest BCUT2D eigenvalue weighted by molar-refractivity contribution is 5.96. The predicted molar refractivity (Wildman–Crippen MR) is 208 cm³/mol. The Morgan fingerprint density at radius 2 is 1.35 bits per heavy atom. The topological polar surface area (TPSA) is 122 Å². The molecule has 0 aromatic heterocycles. The van der Waals surface area contributed by atoms with E-state index in [-0.39, 0.29) is 29.9 Å². The molecule has 13 heteroatoms. The molecule has 0 aliphatic carbocycles. The molecule has 3 amide bonds. The monoisotopic (exact) mass is 757 g/mol. The Morgan fingerprint density at radius 3 is 1.96 bits per heavy atom. The zero-order chi connectivity index (χ0) is 39.0. The van der Waals surface area contributed by atoms with Crippen molar-refractivity contribution in [2.45, 2.75) is 36.6 Å². The third-order valence-corrected chi connectivity index (χ3v) is 11.8. The van der Waals surface area contributed by atoms with Crippen LogP contribution in [0.1, 0.15) is 47.2 Å². The fourth-order valence-electron chi connectivity index (χ4n) is 8.38. The highest BCUT2D eigenvalue weighted by atomic mass is 16.5. The third kappa shape index (κ3) is 8.78. The number of carbonyl (C=O) groups is 3. The molecule has 6 rings (SSSR count). The molecule has 3 aliphatic rings. The normalized spacial score (nSPS) is 20.1. The third-order valence-electron chi connectivity index (χ3n) is 11.8. The number of amides is 3. The predicted octanol–water partition coefficient (Wildman–Crippen LogP) is 4.39. The van der Waals surface area contributed by atoms with Gasteiger partial charge in [0.25, 0.3) is 5.91 Å². The summed E-state index contributed by atoms with van der Waals surface area (Å²) in [5.41, 5.74) is 1.95. The van der Waals surface area contributed by atoms with Gasteiger partial charge in [-0.2, -0.15) is 0 Å². The van der Waals surface area contributed by atoms with Crippen LogP contribution in [0.5, 0.6) is 23.0 Å². The number of nitrogens with zero attached hydrogens (tertiary/aromatic N) is 4. The number of rotatable bonds is 13. The van der Waals surface area contributed by atoms with E-state index < -0.39 is 5.54 Å². The van der Waals surface area contributed by atoms with Gasteiger partial charge in [0.15, 0.2) is 11.5 Å². The van der Waals surface area contributed by atoms with E-state index >= 15 is 0 Å². The number of benzene rings is 3. The summed E-state index contributed by atoms with van der Waals surface area (Å²) in [6.45, 7) is 6.18. The van der Waals surface area contributed by atoms with E-state index in [2.05, 4.69) is 34.5 Å². The van der Waals surface area contributed by atoms with Crippen molar-refractivity contribution in [3.05, 3.63) is 83.4 Å². The molecule has 55 heavy (non-hydrogen) atoms. The number of urea groups is 1. The molecule has 1 N–H and O–H groups in total. The molecular weight excluding hydrogens is 702 g/mol. The van der Waals surface area contributed by atoms with Gasteiger partial charge >= 0.3 is 12.0 Å². The van der Waals surface area contributed by atoms with Crippen molar-refractivity contribution in [3.63, 3.8) is 0 Å². The highest BCUT2D eigenvalue weighted by Crippen LogP contribution is 2.43. The van der Waals surface area contributed by atoms with E-state index in [0.717, 1.165) is 62.2 Å². The molecule has 0 bridgehead atoms. The van der Waals surface area contributed by atoms with Crippen LogP contribution in [-0.4, -0.2) is 139 Å². The fourth-order valence-corrected chi connectivity index (χ4v) is 8.38. The number of hydrogen-bond acceptors (Lipinski definition) is 10. The van der Waals surface area contributed by atoms with Crippen molar-refractivity contribution >= 4 is 17.9 Å². The first-order valence-corrected chi connectivity index (χ1v) is 19.0. The Balaban J connectivity index is 1.15. The zero-order valence-corrected chi connectivity index (χ0v) is 32.8. The van der Waals surface area contributed by atoms with Gasteiger partial charge in [0.1, 0.15) is 5.75 Å². The van der Waals surface area contributed by atoms with E-state index in [0.29, 0.717) is 62.1 Å². The minimum Gasteiger partial charge on any atom is -0.497 e. The molecule has 0 saturated carbocycles. The molecule has 3 aromatic carbocycles. The lowest BCUT2D eigenvalue weighted by Gasteiger charge is -2.45. The van der Waals surface area contributed by atoms with Crippen LogP contribution < -0.4 is 24.3 Å². The van der Waals surface area contributed by atoms with Gasteiger partial charge in [0, 0.05) is 63.3 Å². The number of methoxy groups -OCH3 is 5. The molecule has 3 aromatic rings. The summed E-state index contributed by atoms with van der Waals surface area (Å²) < 4.78 is 27.1. The first-order valence-electron chi connectivity index (χ1n) is 19.0. The second kappa shape index (κ2) is 17.6. The standard InChI is InChI=1S/C42H55N5O8/c1-51-34-13-9-12-33(28-34)41(15-21-47(30-41)39(49)31-26-35(52-2)38(55-5)36(27-31)53-3)14-18-44-19-16-42(17-20-44,32-10-7-6-8-11-32)43-40(50)46-24-22-45(23-25-46)29-37(48)54-4/h6-13,26-28H,14-25,29-30H2,1-5H3,(H,43,50). The van der Waals surface area contributed by atoms with E-state index in [1.807, 2.05) is 45.0 Å². The van der Waals surface area contributed by atoms with Crippen LogP contribution in [-0.2, 0) is 20.5 Å². The van der Waals surface area contributed by atoms with Crippen molar-refractivity contribution in [2.75, 3.05) is 101 Å². The number of piperazine rings is 1. The summed E-state index contributed by atoms with van der Waals surface area (Å²) in [6.07, 6.45) is 3.19. The van der Waals surface area contributed by atoms with Gasteiger partial charge in [-0.05, 0) is 67.6 Å². The number of piperidine rings is 1.